The summed E-state index contributed by atoms with van der Waals surface area (Å²) in [6.07, 6.45) is 2.06. The van der Waals surface area contributed by atoms with E-state index in [1.165, 1.54) is 11.1 Å². The van der Waals surface area contributed by atoms with Crippen LogP contribution in [-0.2, 0) is 19.5 Å². The van der Waals surface area contributed by atoms with E-state index < -0.39 is 0 Å². The Hall–Kier alpha value is -2.46. The third kappa shape index (κ3) is 3.66. The van der Waals surface area contributed by atoms with Gasteiger partial charge in [0.2, 0.25) is 0 Å². The number of nitrogens with zero attached hydrogens (tertiary/aromatic N) is 3. The van der Waals surface area contributed by atoms with Gasteiger partial charge in [-0.15, -0.1) is 5.10 Å². The average molecular weight is 306 g/mol. The Morgan fingerprint density at radius 2 is 1.87 bits per heavy atom. The lowest BCUT2D eigenvalue weighted by Crippen LogP contribution is -2.06. The van der Waals surface area contributed by atoms with Crippen LogP contribution in [0, 0.1) is 6.92 Å². The van der Waals surface area contributed by atoms with Crippen molar-refractivity contribution in [3.63, 3.8) is 0 Å². The van der Waals surface area contributed by atoms with E-state index in [0.717, 1.165) is 36.3 Å². The Kier molecular flexibility index (Phi) is 4.83. The van der Waals surface area contributed by atoms with Crippen molar-refractivity contribution < 1.29 is 0 Å². The SMILES string of the molecule is Cc1cccc(-c2c(CN)nnn2CCCc2ccccc2)c1. The van der Waals surface area contributed by atoms with Gasteiger partial charge in [0.1, 0.15) is 5.69 Å². The standard InChI is InChI=1S/C19H22N4/c1-15-7-5-11-17(13-15)19-18(14-20)21-22-23(19)12-6-10-16-8-3-2-4-9-16/h2-5,7-9,11,13H,6,10,12,14,20H2,1H3. The smallest absolute Gasteiger partial charge is 0.104 e. The largest absolute Gasteiger partial charge is 0.325 e. The lowest BCUT2D eigenvalue weighted by molar-refractivity contribution is 0.563. The van der Waals surface area contributed by atoms with Crippen molar-refractivity contribution in [2.24, 2.45) is 5.73 Å². The Bertz CT molecular complexity index is 762. The second-order valence-electron chi connectivity index (χ2n) is 5.77. The van der Waals surface area contributed by atoms with Crippen molar-refractivity contribution in [2.75, 3.05) is 0 Å². The molecule has 3 aromatic rings. The molecule has 0 saturated carbocycles. The monoisotopic (exact) mass is 306 g/mol. The van der Waals surface area contributed by atoms with Crippen molar-refractivity contribution >= 4 is 0 Å². The number of hydrogen-bond acceptors (Lipinski definition) is 3. The fourth-order valence-corrected chi connectivity index (χ4v) is 2.83. The first-order chi connectivity index (χ1) is 11.3. The normalized spacial score (nSPS) is 10.9. The Labute approximate surface area is 137 Å². The summed E-state index contributed by atoms with van der Waals surface area (Å²) in [6, 6.07) is 18.9. The summed E-state index contributed by atoms with van der Waals surface area (Å²) in [6.45, 7) is 3.34. The second-order valence-corrected chi connectivity index (χ2v) is 5.77. The van der Waals surface area contributed by atoms with Crippen molar-refractivity contribution in [1.29, 1.82) is 0 Å². The molecule has 4 nitrogen and oxygen atoms in total. The van der Waals surface area contributed by atoms with Gasteiger partial charge in [0.15, 0.2) is 0 Å². The highest BCUT2D eigenvalue weighted by atomic mass is 15.4. The molecule has 0 aliphatic rings. The van der Waals surface area contributed by atoms with Gasteiger partial charge in [-0.1, -0.05) is 59.3 Å². The summed E-state index contributed by atoms with van der Waals surface area (Å²) in [7, 11) is 0. The van der Waals surface area contributed by atoms with Crippen molar-refractivity contribution in [3.05, 3.63) is 71.4 Å². The first-order valence-electron chi connectivity index (χ1n) is 8.01. The van der Waals surface area contributed by atoms with Crippen LogP contribution >= 0.6 is 0 Å². The van der Waals surface area contributed by atoms with Crippen LogP contribution in [0.3, 0.4) is 0 Å². The first kappa shape index (κ1) is 15.4. The van der Waals surface area contributed by atoms with E-state index in [1.807, 2.05) is 10.7 Å². The van der Waals surface area contributed by atoms with Gasteiger partial charge in [-0.2, -0.15) is 0 Å². The van der Waals surface area contributed by atoms with E-state index in [1.54, 1.807) is 0 Å². The van der Waals surface area contributed by atoms with Crippen LogP contribution in [0.25, 0.3) is 11.3 Å². The highest BCUT2D eigenvalue weighted by molar-refractivity contribution is 5.62. The second kappa shape index (κ2) is 7.20. The number of benzene rings is 2. The van der Waals surface area contributed by atoms with Crippen molar-refractivity contribution in [2.45, 2.75) is 32.9 Å². The van der Waals surface area contributed by atoms with Gasteiger partial charge >= 0.3 is 0 Å². The molecule has 0 radical (unpaired) electrons. The molecule has 23 heavy (non-hydrogen) atoms. The van der Waals surface area contributed by atoms with Crippen molar-refractivity contribution in [3.8, 4) is 11.3 Å². The predicted molar refractivity (Wildman–Crippen MR) is 92.8 cm³/mol. The summed E-state index contributed by atoms with van der Waals surface area (Å²) in [5.74, 6) is 0. The Morgan fingerprint density at radius 1 is 1.04 bits per heavy atom. The van der Waals surface area contributed by atoms with E-state index in [0.29, 0.717) is 6.54 Å². The van der Waals surface area contributed by atoms with Crippen LogP contribution in [0.2, 0.25) is 0 Å². The van der Waals surface area contributed by atoms with Crippen LogP contribution in [0.5, 0.6) is 0 Å². The van der Waals surface area contributed by atoms with E-state index in [-0.39, 0.29) is 0 Å². The first-order valence-corrected chi connectivity index (χ1v) is 8.01. The van der Waals surface area contributed by atoms with E-state index >= 15 is 0 Å². The van der Waals surface area contributed by atoms with Gasteiger partial charge in [-0.3, -0.25) is 0 Å². The Balaban J connectivity index is 1.79. The molecule has 0 bridgehead atoms. The molecule has 2 aromatic carbocycles. The topological polar surface area (TPSA) is 56.7 Å². The molecule has 1 aromatic heterocycles. The zero-order valence-corrected chi connectivity index (χ0v) is 13.4. The molecule has 118 valence electrons. The quantitative estimate of drug-likeness (QED) is 0.760. The molecule has 0 unspecified atom stereocenters. The van der Waals surface area contributed by atoms with E-state index in [4.69, 9.17) is 5.73 Å². The Morgan fingerprint density at radius 3 is 2.61 bits per heavy atom. The lowest BCUT2D eigenvalue weighted by Gasteiger charge is -2.09. The molecule has 0 amide bonds. The molecule has 0 fully saturated rings. The number of nitrogens with two attached hydrogens (primary N) is 1. The third-order valence-electron chi connectivity index (χ3n) is 3.97. The van der Waals surface area contributed by atoms with Gasteiger partial charge < -0.3 is 5.73 Å². The maximum Gasteiger partial charge on any atom is 0.104 e. The van der Waals surface area contributed by atoms with Gasteiger partial charge in [-0.05, 0) is 31.4 Å². The van der Waals surface area contributed by atoms with Crippen LogP contribution in [0.4, 0.5) is 0 Å². The molecule has 3 rings (SSSR count). The van der Waals surface area contributed by atoms with Gasteiger partial charge in [0.05, 0.1) is 5.69 Å². The molecule has 1 heterocycles. The molecule has 0 aliphatic carbocycles. The summed E-state index contributed by atoms with van der Waals surface area (Å²) in [5.41, 5.74) is 11.5. The summed E-state index contributed by atoms with van der Waals surface area (Å²) in [4.78, 5) is 0. The van der Waals surface area contributed by atoms with Crippen LogP contribution in [0.1, 0.15) is 23.2 Å². The maximum absolute atomic E-state index is 5.84. The molecule has 4 heteroatoms. The maximum atomic E-state index is 5.84. The molecular weight excluding hydrogens is 284 g/mol. The van der Waals surface area contributed by atoms with Crippen LogP contribution < -0.4 is 5.73 Å². The van der Waals surface area contributed by atoms with E-state index in [2.05, 4.69) is 65.8 Å². The minimum Gasteiger partial charge on any atom is -0.325 e. The molecular formula is C19H22N4. The summed E-state index contributed by atoms with van der Waals surface area (Å²) < 4.78 is 1.99. The average Bonchev–Trinajstić information content (AvgIpc) is 2.99. The third-order valence-corrected chi connectivity index (χ3v) is 3.97. The van der Waals surface area contributed by atoms with Crippen molar-refractivity contribution in [1.82, 2.24) is 15.0 Å². The molecule has 0 atom stereocenters. The summed E-state index contributed by atoms with van der Waals surface area (Å²) >= 11 is 0. The highest BCUT2D eigenvalue weighted by Crippen LogP contribution is 2.23. The molecule has 2 N–H and O–H groups in total. The van der Waals surface area contributed by atoms with E-state index in [9.17, 15) is 0 Å². The lowest BCUT2D eigenvalue weighted by atomic mass is 10.1. The number of rotatable bonds is 6. The fraction of sp³-hybridized carbons (Fsp3) is 0.263. The zero-order chi connectivity index (χ0) is 16.1. The minimum atomic E-state index is 0.405. The minimum absolute atomic E-state index is 0.405. The highest BCUT2D eigenvalue weighted by Gasteiger charge is 2.13. The predicted octanol–water partition coefficient (Wildman–Crippen LogP) is 3.35. The fourth-order valence-electron chi connectivity index (χ4n) is 2.83. The molecule has 0 spiro atoms. The molecule has 0 aliphatic heterocycles. The zero-order valence-electron chi connectivity index (χ0n) is 13.4. The van der Waals surface area contributed by atoms with Gasteiger partial charge in [0.25, 0.3) is 0 Å². The van der Waals surface area contributed by atoms with Crippen LogP contribution in [0.15, 0.2) is 54.6 Å². The molecule has 0 saturated heterocycles. The number of aryl methyl sites for hydroxylation is 3. The van der Waals surface area contributed by atoms with Gasteiger partial charge in [-0.25, -0.2) is 4.68 Å². The summed E-state index contributed by atoms with van der Waals surface area (Å²) in [5, 5.41) is 8.57. The number of hydrogen-bond donors (Lipinski definition) is 1. The number of aromatic nitrogens is 3. The van der Waals surface area contributed by atoms with Crippen LogP contribution in [-0.4, -0.2) is 15.0 Å². The van der Waals surface area contributed by atoms with Gasteiger partial charge in [0, 0.05) is 18.7 Å².